The summed E-state index contributed by atoms with van der Waals surface area (Å²) in [5, 5.41) is 4.28. The summed E-state index contributed by atoms with van der Waals surface area (Å²) in [4.78, 5) is 37.5. The quantitative estimate of drug-likeness (QED) is 0.666. The Morgan fingerprint density at radius 3 is 2.52 bits per heavy atom. The number of hydrogen-bond donors (Lipinski definition) is 0. The second-order valence-corrected chi connectivity index (χ2v) is 6.29. The number of nitrogens with zero attached hydrogens (tertiary/aromatic N) is 6. The Labute approximate surface area is 153 Å². The summed E-state index contributed by atoms with van der Waals surface area (Å²) in [7, 11) is 1.63. The van der Waals surface area contributed by atoms with Crippen molar-refractivity contribution in [3.63, 3.8) is 0 Å². The van der Waals surface area contributed by atoms with E-state index in [0.29, 0.717) is 37.6 Å². The first-order valence-electron chi connectivity index (χ1n) is 8.52. The molecule has 27 heavy (non-hydrogen) atoms. The number of hydrogen-bond acceptors (Lipinski definition) is 6. The molecule has 0 radical (unpaired) electrons. The van der Waals surface area contributed by atoms with Crippen LogP contribution in [0.1, 0.15) is 10.5 Å². The van der Waals surface area contributed by atoms with Gasteiger partial charge in [0.05, 0.1) is 10.9 Å². The van der Waals surface area contributed by atoms with Crippen molar-refractivity contribution < 1.29 is 9.18 Å². The maximum atomic E-state index is 13.6. The van der Waals surface area contributed by atoms with Gasteiger partial charge in [0, 0.05) is 45.6 Å². The molecule has 138 valence electrons. The summed E-state index contributed by atoms with van der Waals surface area (Å²) in [6.45, 7) is 1.95. The summed E-state index contributed by atoms with van der Waals surface area (Å²) in [5.41, 5.74) is -0.273. The maximum absolute atomic E-state index is 13.6. The summed E-state index contributed by atoms with van der Waals surface area (Å²) in [5.74, 6) is -0.365. The number of benzene rings is 1. The van der Waals surface area contributed by atoms with E-state index in [1.54, 1.807) is 30.4 Å². The van der Waals surface area contributed by atoms with Crippen LogP contribution in [-0.2, 0) is 7.05 Å². The zero-order chi connectivity index (χ0) is 19.0. The zero-order valence-corrected chi connectivity index (χ0v) is 14.7. The van der Waals surface area contributed by atoms with E-state index in [-0.39, 0.29) is 11.1 Å². The molecule has 0 bridgehead atoms. The van der Waals surface area contributed by atoms with Gasteiger partial charge in [-0.3, -0.25) is 14.3 Å². The van der Waals surface area contributed by atoms with Crippen molar-refractivity contribution in [1.29, 1.82) is 0 Å². The van der Waals surface area contributed by atoms with E-state index in [2.05, 4.69) is 15.1 Å². The lowest BCUT2D eigenvalue weighted by Crippen LogP contribution is -2.50. The SMILES string of the molecule is Cn1nc(C(=O)N2CCN(c3ncccn3)CC2)c(=O)c2cc(F)ccc21. The number of aryl methyl sites for hydroxylation is 1. The molecule has 4 rings (SSSR count). The minimum Gasteiger partial charge on any atom is -0.337 e. The van der Waals surface area contributed by atoms with Crippen molar-refractivity contribution in [1.82, 2.24) is 24.6 Å². The predicted molar refractivity (Wildman–Crippen MR) is 97.1 cm³/mol. The van der Waals surface area contributed by atoms with Gasteiger partial charge in [-0.05, 0) is 24.3 Å². The Kier molecular flexibility index (Phi) is 4.27. The minimum atomic E-state index is -0.554. The number of carbonyl (C=O) groups excluding carboxylic acids is 1. The Hall–Kier alpha value is -3.36. The molecule has 0 spiro atoms. The van der Waals surface area contributed by atoms with Crippen LogP contribution in [0.4, 0.5) is 10.3 Å². The van der Waals surface area contributed by atoms with E-state index >= 15 is 0 Å². The van der Waals surface area contributed by atoms with Gasteiger partial charge < -0.3 is 9.80 Å². The van der Waals surface area contributed by atoms with E-state index in [1.807, 2.05) is 4.90 Å². The van der Waals surface area contributed by atoms with Crippen molar-refractivity contribution >= 4 is 22.8 Å². The number of anilines is 1. The van der Waals surface area contributed by atoms with Crippen molar-refractivity contribution in [2.75, 3.05) is 31.1 Å². The van der Waals surface area contributed by atoms with Crippen molar-refractivity contribution in [3.8, 4) is 0 Å². The molecule has 3 heterocycles. The van der Waals surface area contributed by atoms with Crippen molar-refractivity contribution in [2.24, 2.45) is 7.05 Å². The number of aromatic nitrogens is 4. The molecule has 1 aliphatic heterocycles. The van der Waals surface area contributed by atoms with Gasteiger partial charge in [-0.15, -0.1) is 0 Å². The lowest BCUT2D eigenvalue weighted by atomic mass is 10.1. The monoisotopic (exact) mass is 368 g/mol. The third-order valence-electron chi connectivity index (χ3n) is 4.62. The molecule has 0 aliphatic carbocycles. The summed E-state index contributed by atoms with van der Waals surface area (Å²) < 4.78 is 15.0. The van der Waals surface area contributed by atoms with Crippen LogP contribution in [0.15, 0.2) is 41.5 Å². The normalized spacial score (nSPS) is 14.6. The van der Waals surface area contributed by atoms with Gasteiger partial charge in [0.2, 0.25) is 11.4 Å². The van der Waals surface area contributed by atoms with Crippen LogP contribution in [0.25, 0.3) is 10.9 Å². The second-order valence-electron chi connectivity index (χ2n) is 6.29. The number of amides is 1. The molecule has 9 heteroatoms. The molecule has 0 saturated carbocycles. The van der Waals surface area contributed by atoms with E-state index in [0.717, 1.165) is 6.07 Å². The highest BCUT2D eigenvalue weighted by Gasteiger charge is 2.27. The van der Waals surface area contributed by atoms with E-state index in [1.165, 1.54) is 16.8 Å². The third-order valence-corrected chi connectivity index (χ3v) is 4.62. The second kappa shape index (κ2) is 6.75. The lowest BCUT2D eigenvalue weighted by molar-refractivity contribution is 0.0737. The number of piperazine rings is 1. The largest absolute Gasteiger partial charge is 0.337 e. The van der Waals surface area contributed by atoms with Gasteiger partial charge in [0.15, 0.2) is 5.69 Å². The predicted octanol–water partition coefficient (Wildman–Crippen LogP) is 0.825. The Morgan fingerprint density at radius 1 is 1.11 bits per heavy atom. The molecule has 3 aromatic rings. The maximum Gasteiger partial charge on any atom is 0.278 e. The molecule has 0 atom stereocenters. The number of carbonyl (C=O) groups is 1. The van der Waals surface area contributed by atoms with Gasteiger partial charge in [0.25, 0.3) is 5.91 Å². The molecule has 2 aromatic heterocycles. The average Bonchev–Trinajstić information content (AvgIpc) is 2.71. The molecular formula is C18H17FN6O2. The first kappa shape index (κ1) is 17.1. The van der Waals surface area contributed by atoms with Gasteiger partial charge in [-0.2, -0.15) is 5.10 Å². The van der Waals surface area contributed by atoms with Crippen molar-refractivity contribution in [2.45, 2.75) is 0 Å². The summed E-state index contributed by atoms with van der Waals surface area (Å²) >= 11 is 0. The van der Waals surface area contributed by atoms with E-state index in [9.17, 15) is 14.0 Å². The van der Waals surface area contributed by atoms with Crippen LogP contribution in [0.5, 0.6) is 0 Å². The first-order chi connectivity index (χ1) is 13.0. The van der Waals surface area contributed by atoms with Gasteiger partial charge in [0.1, 0.15) is 5.82 Å². The van der Waals surface area contributed by atoms with Crippen LogP contribution in [0, 0.1) is 5.82 Å². The molecular weight excluding hydrogens is 351 g/mol. The van der Waals surface area contributed by atoms with Crippen LogP contribution in [-0.4, -0.2) is 56.7 Å². The standard InChI is InChI=1S/C18H17FN6O2/c1-23-14-4-3-12(19)11-13(14)16(26)15(22-23)17(27)24-7-9-25(10-8-24)18-20-5-2-6-21-18/h2-6,11H,7-10H2,1H3. The molecule has 1 fully saturated rings. The zero-order valence-electron chi connectivity index (χ0n) is 14.7. The summed E-state index contributed by atoms with van der Waals surface area (Å²) in [6.07, 6.45) is 3.34. The first-order valence-corrected chi connectivity index (χ1v) is 8.52. The Bertz CT molecular complexity index is 1060. The van der Waals surface area contributed by atoms with E-state index in [4.69, 9.17) is 0 Å². The number of rotatable bonds is 2. The topological polar surface area (TPSA) is 84.2 Å². The lowest BCUT2D eigenvalue weighted by Gasteiger charge is -2.34. The fraction of sp³-hybridized carbons (Fsp3) is 0.278. The molecule has 1 amide bonds. The van der Waals surface area contributed by atoms with Gasteiger partial charge in [-0.25, -0.2) is 14.4 Å². The van der Waals surface area contributed by atoms with Gasteiger partial charge in [-0.1, -0.05) is 0 Å². The van der Waals surface area contributed by atoms with E-state index < -0.39 is 17.2 Å². The summed E-state index contributed by atoms with van der Waals surface area (Å²) in [6, 6.07) is 5.62. The molecule has 0 N–H and O–H groups in total. The highest BCUT2D eigenvalue weighted by Crippen LogP contribution is 2.14. The molecule has 1 aromatic carbocycles. The Morgan fingerprint density at radius 2 is 1.81 bits per heavy atom. The molecule has 1 saturated heterocycles. The highest BCUT2D eigenvalue weighted by atomic mass is 19.1. The molecule has 8 nitrogen and oxygen atoms in total. The molecule has 0 unspecified atom stereocenters. The number of halogens is 1. The molecule has 1 aliphatic rings. The third kappa shape index (κ3) is 3.12. The fourth-order valence-electron chi connectivity index (χ4n) is 3.20. The van der Waals surface area contributed by atoms with Crippen LogP contribution in [0.2, 0.25) is 0 Å². The fourth-order valence-corrected chi connectivity index (χ4v) is 3.20. The average molecular weight is 368 g/mol. The van der Waals surface area contributed by atoms with Gasteiger partial charge >= 0.3 is 0 Å². The minimum absolute atomic E-state index is 0.146. The van der Waals surface area contributed by atoms with Crippen LogP contribution in [0.3, 0.4) is 0 Å². The Balaban J connectivity index is 1.59. The van der Waals surface area contributed by atoms with Crippen LogP contribution >= 0.6 is 0 Å². The van der Waals surface area contributed by atoms with Crippen LogP contribution < -0.4 is 10.3 Å². The number of fused-ring (bicyclic) bond motifs is 1. The van der Waals surface area contributed by atoms with Crippen molar-refractivity contribution in [3.05, 3.63) is 58.4 Å². The highest BCUT2D eigenvalue weighted by molar-refractivity contribution is 5.95. The smallest absolute Gasteiger partial charge is 0.278 e.